The van der Waals surface area contributed by atoms with Crippen molar-refractivity contribution >= 4 is 45.6 Å². The number of fused-ring (bicyclic) bond motifs is 2. The number of ether oxygens (including phenoxy) is 1. The fourth-order valence-electron chi connectivity index (χ4n) is 5.98. The molecular weight excluding hydrogens is 632 g/mol. The molecule has 0 aliphatic heterocycles. The molecule has 7 N–H and O–H groups in total. The fraction of sp³-hybridized carbons (Fsp3) is 0.179. The van der Waals surface area contributed by atoms with E-state index in [9.17, 15) is 19.2 Å². The number of aromatic nitrogens is 2. The van der Waals surface area contributed by atoms with Crippen LogP contribution in [0.4, 0.5) is 4.79 Å². The highest BCUT2D eigenvalue weighted by atomic mass is 16.5. The number of alkyl carbamates (subject to hydrolysis) is 1. The highest BCUT2D eigenvalue weighted by molar-refractivity contribution is 5.95. The summed E-state index contributed by atoms with van der Waals surface area (Å²) in [5, 5.41) is 10.1. The Morgan fingerprint density at radius 2 is 1.02 bits per heavy atom. The highest BCUT2D eigenvalue weighted by Crippen LogP contribution is 2.21. The molecule has 0 aliphatic rings. The molecular formula is C39H38N6O5. The molecule has 0 fully saturated rings. The molecule has 2 aromatic heterocycles. The second kappa shape index (κ2) is 15.7. The molecule has 0 bridgehead atoms. The van der Waals surface area contributed by atoms with Crippen molar-refractivity contribution in [1.29, 1.82) is 0 Å². The minimum absolute atomic E-state index is 0.0120. The van der Waals surface area contributed by atoms with Crippen molar-refractivity contribution in [2.75, 3.05) is 0 Å². The van der Waals surface area contributed by atoms with Gasteiger partial charge in [0.15, 0.2) is 0 Å². The van der Waals surface area contributed by atoms with Crippen LogP contribution in [0, 0.1) is 0 Å². The Morgan fingerprint density at radius 3 is 1.58 bits per heavy atom. The summed E-state index contributed by atoms with van der Waals surface area (Å²) < 4.78 is 5.45. The van der Waals surface area contributed by atoms with Gasteiger partial charge in [0, 0.05) is 53.5 Å². The third kappa shape index (κ3) is 8.37. The number of carbonyl (C=O) groups is 4. The van der Waals surface area contributed by atoms with Gasteiger partial charge in [-0.2, -0.15) is 0 Å². The molecule has 0 radical (unpaired) electrons. The van der Waals surface area contributed by atoms with Crippen LogP contribution in [0.5, 0.6) is 0 Å². The van der Waals surface area contributed by atoms with Gasteiger partial charge in [-0.3, -0.25) is 14.4 Å². The summed E-state index contributed by atoms with van der Waals surface area (Å²) in [6, 6.07) is 30.4. The fourth-order valence-corrected chi connectivity index (χ4v) is 5.98. The predicted molar refractivity (Wildman–Crippen MR) is 191 cm³/mol. The Labute approximate surface area is 288 Å². The zero-order valence-corrected chi connectivity index (χ0v) is 27.2. The summed E-state index contributed by atoms with van der Waals surface area (Å²) in [5.41, 5.74) is 10.7. The molecule has 0 aliphatic carbocycles. The average molecular weight is 671 g/mol. The SMILES string of the molecule is NC(=O)C(Cc1c[nH]c2ccccc12)NC(=O)C(Cc1ccccc1)NC(=O)C(Cc1c[nH]c2ccccc12)NC(=O)OCc1ccccc1. The van der Waals surface area contributed by atoms with Crippen LogP contribution in [-0.2, 0) is 45.0 Å². The second-order valence-corrected chi connectivity index (χ2v) is 12.1. The van der Waals surface area contributed by atoms with E-state index in [1.807, 2.05) is 109 Å². The maximum Gasteiger partial charge on any atom is 0.408 e. The van der Waals surface area contributed by atoms with Gasteiger partial charge in [0.1, 0.15) is 24.7 Å². The van der Waals surface area contributed by atoms with Crippen molar-refractivity contribution in [2.24, 2.45) is 5.73 Å². The van der Waals surface area contributed by atoms with E-state index in [0.29, 0.717) is 0 Å². The number of rotatable bonds is 14. The van der Waals surface area contributed by atoms with Gasteiger partial charge >= 0.3 is 6.09 Å². The zero-order valence-electron chi connectivity index (χ0n) is 27.2. The summed E-state index contributed by atoms with van der Waals surface area (Å²) >= 11 is 0. The Bertz CT molecular complexity index is 2090. The lowest BCUT2D eigenvalue weighted by Crippen LogP contribution is -2.57. The molecule has 254 valence electrons. The van der Waals surface area contributed by atoms with Crippen molar-refractivity contribution < 1.29 is 23.9 Å². The van der Waals surface area contributed by atoms with Gasteiger partial charge in [0.25, 0.3) is 0 Å². The van der Waals surface area contributed by atoms with Gasteiger partial charge in [-0.05, 0) is 34.4 Å². The van der Waals surface area contributed by atoms with Crippen LogP contribution >= 0.6 is 0 Å². The Kier molecular flexibility index (Phi) is 10.5. The van der Waals surface area contributed by atoms with Gasteiger partial charge in [-0.25, -0.2) is 4.79 Å². The quantitative estimate of drug-likeness (QED) is 0.101. The Hall–Kier alpha value is -6.36. The van der Waals surface area contributed by atoms with Gasteiger partial charge < -0.3 is 36.4 Å². The molecule has 4 aromatic carbocycles. The molecule has 6 rings (SSSR count). The lowest BCUT2D eigenvalue weighted by atomic mass is 10.0. The zero-order chi connectivity index (χ0) is 34.9. The molecule has 3 atom stereocenters. The van der Waals surface area contributed by atoms with Crippen LogP contribution in [0.2, 0.25) is 0 Å². The minimum Gasteiger partial charge on any atom is -0.445 e. The van der Waals surface area contributed by atoms with Gasteiger partial charge in [-0.1, -0.05) is 97.1 Å². The topological polar surface area (TPSA) is 171 Å². The Morgan fingerprint density at radius 1 is 0.560 bits per heavy atom. The van der Waals surface area contributed by atoms with E-state index in [0.717, 1.165) is 44.1 Å². The van der Waals surface area contributed by atoms with Crippen LogP contribution in [0.25, 0.3) is 21.8 Å². The first-order valence-electron chi connectivity index (χ1n) is 16.3. The largest absolute Gasteiger partial charge is 0.445 e. The van der Waals surface area contributed by atoms with Gasteiger partial charge in [0.05, 0.1) is 0 Å². The molecule has 3 unspecified atom stereocenters. The number of H-pyrrole nitrogens is 2. The molecule has 0 saturated carbocycles. The van der Waals surface area contributed by atoms with Crippen LogP contribution in [-0.4, -0.2) is 51.9 Å². The molecule has 11 nitrogen and oxygen atoms in total. The number of nitrogens with one attached hydrogen (secondary N) is 5. The van der Waals surface area contributed by atoms with Crippen LogP contribution < -0.4 is 21.7 Å². The third-order valence-electron chi connectivity index (χ3n) is 8.59. The van der Waals surface area contributed by atoms with E-state index < -0.39 is 41.9 Å². The summed E-state index contributed by atoms with van der Waals surface area (Å²) in [5.74, 6) is -1.91. The average Bonchev–Trinajstić information content (AvgIpc) is 3.74. The predicted octanol–water partition coefficient (Wildman–Crippen LogP) is 4.43. The number of aromatic amines is 2. The van der Waals surface area contributed by atoms with Crippen LogP contribution in [0.1, 0.15) is 22.3 Å². The smallest absolute Gasteiger partial charge is 0.408 e. The van der Waals surface area contributed by atoms with Crippen LogP contribution in [0.15, 0.2) is 122 Å². The van der Waals surface area contributed by atoms with Crippen LogP contribution in [0.3, 0.4) is 0 Å². The summed E-state index contributed by atoms with van der Waals surface area (Å²) in [7, 11) is 0. The molecule has 6 aromatic rings. The monoisotopic (exact) mass is 670 g/mol. The first kappa shape index (κ1) is 33.5. The van der Waals surface area contributed by atoms with E-state index in [1.165, 1.54) is 0 Å². The van der Waals surface area contributed by atoms with E-state index in [4.69, 9.17) is 10.5 Å². The van der Waals surface area contributed by atoms with Crippen molar-refractivity contribution in [3.63, 3.8) is 0 Å². The van der Waals surface area contributed by atoms with E-state index in [-0.39, 0.29) is 25.9 Å². The molecule has 0 saturated heterocycles. The minimum atomic E-state index is -1.11. The lowest BCUT2D eigenvalue weighted by molar-refractivity contribution is -0.131. The van der Waals surface area contributed by atoms with Crippen molar-refractivity contribution in [3.8, 4) is 0 Å². The van der Waals surface area contributed by atoms with E-state index in [1.54, 1.807) is 12.4 Å². The molecule has 0 spiro atoms. The normalized spacial score (nSPS) is 12.9. The lowest BCUT2D eigenvalue weighted by Gasteiger charge is -2.25. The number of carbonyl (C=O) groups excluding carboxylic acids is 4. The van der Waals surface area contributed by atoms with Crippen molar-refractivity contribution in [1.82, 2.24) is 25.9 Å². The van der Waals surface area contributed by atoms with Crippen molar-refractivity contribution in [2.45, 2.75) is 44.0 Å². The molecule has 11 heteroatoms. The second-order valence-electron chi connectivity index (χ2n) is 12.1. The number of benzene rings is 4. The van der Waals surface area contributed by atoms with Gasteiger partial charge in [-0.15, -0.1) is 0 Å². The first-order chi connectivity index (χ1) is 24.3. The first-order valence-corrected chi connectivity index (χ1v) is 16.3. The maximum atomic E-state index is 14.1. The standard InChI is InChI=1S/C39H38N6O5/c40-36(46)33(20-27-22-41-31-17-9-7-15-29(27)31)43-37(47)34(19-25-11-3-1-4-12-25)44-38(48)35(21-28-23-42-32-18-10-8-16-30(28)32)45-39(49)50-24-26-13-5-2-6-14-26/h1-18,22-23,33-35,41-42H,19-21,24H2,(H2,40,46)(H,43,47)(H,44,48)(H,45,49). The van der Waals surface area contributed by atoms with E-state index >= 15 is 0 Å². The number of nitrogens with two attached hydrogens (primary N) is 1. The summed E-state index contributed by atoms with van der Waals surface area (Å²) in [4.78, 5) is 60.0. The summed E-state index contributed by atoms with van der Waals surface area (Å²) in [6.07, 6.45) is 3.17. The van der Waals surface area contributed by atoms with Gasteiger partial charge in [0.2, 0.25) is 17.7 Å². The Balaban J connectivity index is 1.22. The summed E-state index contributed by atoms with van der Waals surface area (Å²) in [6.45, 7) is 0.0120. The number of hydrogen-bond acceptors (Lipinski definition) is 5. The number of para-hydroxylation sites is 2. The van der Waals surface area contributed by atoms with Crippen molar-refractivity contribution in [3.05, 3.63) is 144 Å². The van der Waals surface area contributed by atoms with E-state index in [2.05, 4.69) is 25.9 Å². The molecule has 2 heterocycles. The third-order valence-corrected chi connectivity index (χ3v) is 8.59. The maximum absolute atomic E-state index is 14.1. The molecule has 4 amide bonds. The number of hydrogen-bond donors (Lipinski definition) is 6. The highest BCUT2D eigenvalue weighted by Gasteiger charge is 2.31. The molecule has 50 heavy (non-hydrogen) atoms. The number of primary amides is 1. The number of amides is 4.